The fourth-order valence-corrected chi connectivity index (χ4v) is 10.2. The number of hydrogen-bond acceptors (Lipinski definition) is 11. The first-order valence-electron chi connectivity index (χ1n) is 23.7. The Balaban J connectivity index is 0.828. The highest BCUT2D eigenvalue weighted by atomic mass is 19.1. The van der Waals surface area contributed by atoms with Crippen molar-refractivity contribution in [1.29, 1.82) is 0 Å². The van der Waals surface area contributed by atoms with Crippen LogP contribution in [0, 0.1) is 29.4 Å². The molecule has 0 radical (unpaired) electrons. The number of ether oxygens (including phenoxy) is 1. The lowest BCUT2D eigenvalue weighted by atomic mass is 9.85. The van der Waals surface area contributed by atoms with Gasteiger partial charge in [-0.3, -0.25) is 19.5 Å². The number of nitrogens with one attached hydrogen (secondary N) is 2. The van der Waals surface area contributed by atoms with Crippen molar-refractivity contribution in [3.63, 3.8) is 0 Å². The summed E-state index contributed by atoms with van der Waals surface area (Å²) in [6, 6.07) is 5.64. The van der Waals surface area contributed by atoms with E-state index >= 15 is 4.39 Å². The summed E-state index contributed by atoms with van der Waals surface area (Å²) in [6.45, 7) is 10.7. The second-order valence-electron chi connectivity index (χ2n) is 19.7. The number of piperazine rings is 1. The highest BCUT2D eigenvalue weighted by Crippen LogP contribution is 2.39. The maximum absolute atomic E-state index is 17.0. The molecule has 4 saturated heterocycles. The van der Waals surface area contributed by atoms with Gasteiger partial charge in [0.1, 0.15) is 40.7 Å². The number of hydrogen-bond donors (Lipinski definition) is 4. The first kappa shape index (κ1) is 46.4. The third kappa shape index (κ3) is 10.8. The van der Waals surface area contributed by atoms with Crippen molar-refractivity contribution in [2.24, 2.45) is 5.41 Å². The molecule has 8 rings (SSSR count). The lowest BCUT2D eigenvalue weighted by Crippen LogP contribution is -2.54. The minimum absolute atomic E-state index is 0.0365. The Labute approximate surface area is 380 Å². The van der Waals surface area contributed by atoms with E-state index in [0.29, 0.717) is 74.2 Å². The van der Waals surface area contributed by atoms with Crippen LogP contribution in [0.4, 0.5) is 14.6 Å². The normalized spacial score (nSPS) is 21.6. The third-order valence-corrected chi connectivity index (χ3v) is 13.6. The first-order chi connectivity index (χ1) is 31.2. The average molecular weight is 895 g/mol. The molecule has 2 bridgehead atoms. The highest BCUT2D eigenvalue weighted by Gasteiger charge is 2.38. The van der Waals surface area contributed by atoms with Gasteiger partial charge in [0.2, 0.25) is 11.8 Å². The molecule has 2 amide bonds. The first-order valence-corrected chi connectivity index (χ1v) is 23.7. The number of phenolic OH excluding ortho intramolecular Hbond substituents is 1. The molecule has 4 N–H and O–H groups in total. The van der Waals surface area contributed by atoms with E-state index in [4.69, 9.17) is 16.1 Å². The van der Waals surface area contributed by atoms with Crippen LogP contribution in [0.2, 0.25) is 0 Å². The fraction of sp³-hybridized carbons (Fsp3) is 0.580. The molecule has 2 aromatic heterocycles. The van der Waals surface area contributed by atoms with Crippen LogP contribution in [-0.2, 0) is 9.59 Å². The number of terminal acetylenes is 1. The summed E-state index contributed by atoms with van der Waals surface area (Å²) in [6.07, 6.45) is 19.0. The Hall–Kier alpha value is -5.17. The van der Waals surface area contributed by atoms with Crippen molar-refractivity contribution in [3.8, 4) is 35.4 Å². The zero-order valence-corrected chi connectivity index (χ0v) is 38.1. The summed E-state index contributed by atoms with van der Waals surface area (Å²) >= 11 is 0. The summed E-state index contributed by atoms with van der Waals surface area (Å²) in [5.74, 6) is 1.27. The van der Waals surface area contributed by atoms with Crippen LogP contribution in [-0.4, -0.2) is 123 Å². The molecular weight excluding hydrogens is 831 g/mol. The number of pyridine rings is 1. The smallest absolute Gasteiger partial charge is 0.319 e. The van der Waals surface area contributed by atoms with Crippen LogP contribution >= 0.6 is 0 Å². The molecule has 13 nitrogen and oxygen atoms in total. The minimum atomic E-state index is -0.733. The number of rotatable bonds is 17. The summed E-state index contributed by atoms with van der Waals surface area (Å²) in [5.41, 5.74) is -0.368. The number of halogens is 2. The zero-order chi connectivity index (χ0) is 45.8. The number of aromatic nitrogens is 3. The lowest BCUT2D eigenvalue weighted by molar-refractivity contribution is -0.138. The number of fused-ring (bicyclic) bond motifs is 4. The van der Waals surface area contributed by atoms with E-state index in [-0.39, 0.29) is 57.4 Å². The van der Waals surface area contributed by atoms with Crippen molar-refractivity contribution < 1.29 is 33.3 Å². The Morgan fingerprint density at radius 1 is 0.954 bits per heavy atom. The molecule has 4 unspecified atom stereocenters. The van der Waals surface area contributed by atoms with Crippen molar-refractivity contribution in [1.82, 2.24) is 35.4 Å². The number of β-amino-alcohol motifs (C(OH)–C–C–N with tert-alkyl or cyclic N) is 1. The standard InChI is InChI=1S/C50H64F2N8O5/c1-5-37-40(51)18-15-31-24-35(62)25-38(42(31)37)44-43(52)45-39(26-53-44)47(60-27-32-16-17-33(28-60)54-32)57-49(56-45)65-36-20-22-58(30-36)21-13-11-9-7-6-8-10-12-14-41(63)55-46(50(2,3)4)48(64)59-23-19-34(61)29-59/h1,15,18,24-26,32-34,36,46,54,61-62H,6-14,16-17,19-23,27-30H2,2-4H3,(H,55,63)/t32?,33?,34-,36?,46?/m1/s1. The van der Waals surface area contributed by atoms with E-state index in [2.05, 4.69) is 36.3 Å². The minimum Gasteiger partial charge on any atom is -0.508 e. The van der Waals surface area contributed by atoms with Gasteiger partial charge >= 0.3 is 6.01 Å². The molecule has 0 saturated carbocycles. The number of aliphatic hydroxyl groups excluding tert-OH is 1. The molecule has 348 valence electrons. The van der Waals surface area contributed by atoms with Crippen LogP contribution in [0.3, 0.4) is 0 Å². The summed E-state index contributed by atoms with van der Waals surface area (Å²) in [5, 5.41) is 28.3. The molecule has 6 heterocycles. The van der Waals surface area contributed by atoms with Gasteiger partial charge in [-0.25, -0.2) is 8.78 Å². The third-order valence-electron chi connectivity index (χ3n) is 13.6. The molecule has 4 aromatic rings. The number of carbonyl (C=O) groups excluding carboxylic acids is 2. The van der Waals surface area contributed by atoms with Gasteiger partial charge in [0.25, 0.3) is 0 Å². The molecule has 0 aliphatic carbocycles. The van der Waals surface area contributed by atoms with E-state index < -0.39 is 29.2 Å². The van der Waals surface area contributed by atoms with Crippen molar-refractivity contribution >= 4 is 39.3 Å². The van der Waals surface area contributed by atoms with Crippen molar-refractivity contribution in [3.05, 3.63) is 47.7 Å². The molecule has 4 aliphatic heterocycles. The largest absolute Gasteiger partial charge is 0.508 e. The molecular formula is C50H64F2N8O5. The molecule has 5 atom stereocenters. The predicted octanol–water partition coefficient (Wildman–Crippen LogP) is 6.84. The number of amides is 2. The Bertz CT molecular complexity index is 2410. The summed E-state index contributed by atoms with van der Waals surface area (Å²) < 4.78 is 38.4. The molecule has 2 aromatic carbocycles. The van der Waals surface area contributed by atoms with Gasteiger partial charge in [-0.2, -0.15) is 9.97 Å². The number of anilines is 1. The van der Waals surface area contributed by atoms with Crippen molar-refractivity contribution in [2.45, 2.75) is 135 Å². The Morgan fingerprint density at radius 2 is 1.68 bits per heavy atom. The van der Waals surface area contributed by atoms with Crippen LogP contribution in [0.25, 0.3) is 32.9 Å². The quantitative estimate of drug-likeness (QED) is 0.0651. The van der Waals surface area contributed by atoms with E-state index in [1.165, 1.54) is 24.3 Å². The number of likely N-dealkylation sites (tertiary alicyclic amines) is 2. The number of carbonyl (C=O) groups is 2. The number of benzene rings is 2. The Kier molecular flexibility index (Phi) is 14.4. The van der Waals surface area contributed by atoms with E-state index in [1.54, 1.807) is 11.1 Å². The topological polar surface area (TPSA) is 156 Å². The average Bonchev–Trinajstić information content (AvgIpc) is 4.01. The van der Waals surface area contributed by atoms with Gasteiger partial charge in [0.15, 0.2) is 5.82 Å². The molecule has 4 fully saturated rings. The second-order valence-corrected chi connectivity index (χ2v) is 19.7. The van der Waals surface area contributed by atoms with Crippen LogP contribution in [0.1, 0.15) is 110 Å². The molecule has 0 spiro atoms. The number of unbranched alkanes of at least 4 members (excludes halogenated alkanes) is 7. The van der Waals surface area contributed by atoms with Gasteiger partial charge in [0, 0.05) is 74.9 Å². The summed E-state index contributed by atoms with van der Waals surface area (Å²) in [4.78, 5) is 46.3. The van der Waals surface area contributed by atoms with Gasteiger partial charge in [-0.05, 0) is 74.1 Å². The number of nitrogens with zero attached hydrogens (tertiary/aromatic N) is 6. The lowest BCUT2D eigenvalue weighted by Gasteiger charge is -2.34. The SMILES string of the molecule is C#Cc1c(F)ccc2cc(O)cc(-c3ncc4c(N5CC6CCC(C5)N6)nc(OC5CCN(CCCCCCCCCCC(=O)NC(C(=O)N6CC[C@@H](O)C6)C(C)(C)C)C5)nc4c3F)c12. The van der Waals surface area contributed by atoms with E-state index in [9.17, 15) is 24.2 Å². The van der Waals surface area contributed by atoms with Gasteiger partial charge < -0.3 is 35.4 Å². The van der Waals surface area contributed by atoms with Crippen LogP contribution < -0.4 is 20.3 Å². The number of aliphatic hydroxyl groups is 1. The van der Waals surface area contributed by atoms with Crippen molar-refractivity contribution in [2.75, 3.05) is 50.7 Å². The number of phenols is 1. The monoisotopic (exact) mass is 894 g/mol. The fourth-order valence-electron chi connectivity index (χ4n) is 10.2. The molecule has 4 aliphatic rings. The number of aromatic hydroxyl groups is 1. The second kappa shape index (κ2) is 20.1. The molecule has 65 heavy (non-hydrogen) atoms. The summed E-state index contributed by atoms with van der Waals surface area (Å²) in [7, 11) is 0. The predicted molar refractivity (Wildman–Crippen MR) is 248 cm³/mol. The molecule has 15 heteroatoms. The zero-order valence-electron chi connectivity index (χ0n) is 38.1. The Morgan fingerprint density at radius 3 is 2.37 bits per heavy atom. The van der Waals surface area contributed by atoms with Gasteiger partial charge in [-0.1, -0.05) is 71.3 Å². The maximum atomic E-state index is 17.0. The van der Waals surface area contributed by atoms with E-state index in [0.717, 1.165) is 83.7 Å². The van der Waals surface area contributed by atoms with Gasteiger partial charge in [0.05, 0.1) is 17.1 Å². The van der Waals surface area contributed by atoms with Gasteiger partial charge in [-0.15, -0.1) is 6.42 Å². The highest BCUT2D eigenvalue weighted by molar-refractivity contribution is 6.03. The van der Waals surface area contributed by atoms with E-state index in [1.807, 2.05) is 20.8 Å². The van der Waals surface area contributed by atoms with Crippen LogP contribution in [0.15, 0.2) is 30.5 Å². The van der Waals surface area contributed by atoms with Crippen LogP contribution in [0.5, 0.6) is 11.8 Å². The maximum Gasteiger partial charge on any atom is 0.319 e.